The minimum Gasteiger partial charge on any atom is -0.381 e. The third-order valence-electron chi connectivity index (χ3n) is 5.87. The van der Waals surface area contributed by atoms with E-state index in [1.165, 1.54) is 9.80 Å². The second-order valence-corrected chi connectivity index (χ2v) is 7.98. The summed E-state index contributed by atoms with van der Waals surface area (Å²) in [5, 5.41) is 4.54. The molecule has 2 saturated heterocycles. The molecule has 31 heavy (non-hydrogen) atoms. The normalized spacial score (nSPS) is 22.5. The average molecular weight is 433 g/mol. The first kappa shape index (κ1) is 21.6. The Morgan fingerprint density at radius 2 is 1.97 bits per heavy atom. The molecule has 0 radical (unpaired) electrons. The number of rotatable bonds is 6. The third kappa shape index (κ3) is 4.00. The lowest BCUT2D eigenvalue weighted by atomic mass is 10.1. The van der Waals surface area contributed by atoms with Gasteiger partial charge in [-0.1, -0.05) is 4.99 Å². The van der Waals surface area contributed by atoms with Crippen LogP contribution in [-0.4, -0.2) is 126 Å². The van der Waals surface area contributed by atoms with Crippen molar-refractivity contribution in [2.75, 3.05) is 66.7 Å². The number of urea groups is 1. The Morgan fingerprint density at radius 3 is 2.61 bits per heavy atom. The van der Waals surface area contributed by atoms with E-state index in [-0.39, 0.29) is 11.9 Å². The third-order valence-corrected chi connectivity index (χ3v) is 5.87. The van der Waals surface area contributed by atoms with E-state index in [9.17, 15) is 9.59 Å². The van der Waals surface area contributed by atoms with E-state index >= 15 is 0 Å². The first-order chi connectivity index (χ1) is 14.9. The molecule has 1 aromatic rings. The van der Waals surface area contributed by atoms with Crippen molar-refractivity contribution in [2.45, 2.75) is 19.9 Å². The molecule has 4 heterocycles. The van der Waals surface area contributed by atoms with E-state index in [1.54, 1.807) is 18.8 Å². The van der Waals surface area contributed by atoms with Crippen LogP contribution in [0, 0.1) is 13.8 Å². The number of hydrogen-bond donors (Lipinski definition) is 0. The SMILES string of the molecule is COCC[N+]1=C(n2nc(C)cc2C)N=C2C1C(=O)N(CCN1CCOCC1)C(=O)N2C. The highest BCUT2D eigenvalue weighted by Gasteiger charge is 2.53. The Balaban J connectivity index is 1.64. The number of aromatic nitrogens is 2. The van der Waals surface area contributed by atoms with E-state index in [4.69, 9.17) is 9.47 Å². The van der Waals surface area contributed by atoms with E-state index in [0.29, 0.717) is 51.3 Å². The number of imide groups is 1. The van der Waals surface area contributed by atoms with Crippen LogP contribution >= 0.6 is 0 Å². The molecule has 3 aliphatic heterocycles. The summed E-state index contributed by atoms with van der Waals surface area (Å²) < 4.78 is 14.3. The maximum absolute atomic E-state index is 13.5. The number of carbonyl (C=O) groups excluding carboxylic acids is 2. The fraction of sp³-hybridized carbons (Fsp3) is 0.650. The molecule has 0 saturated carbocycles. The van der Waals surface area contributed by atoms with Gasteiger partial charge in [-0.25, -0.2) is 9.37 Å². The molecular weight excluding hydrogens is 402 g/mol. The fourth-order valence-corrected chi connectivity index (χ4v) is 4.20. The molecule has 0 bridgehead atoms. The van der Waals surface area contributed by atoms with Crippen molar-refractivity contribution >= 4 is 23.7 Å². The smallest absolute Gasteiger partial charge is 0.381 e. The van der Waals surface area contributed by atoms with E-state index in [0.717, 1.165) is 24.5 Å². The highest BCUT2D eigenvalue weighted by molar-refractivity contribution is 6.23. The number of likely N-dealkylation sites (N-methyl/N-ethyl adjacent to an activating group) is 1. The van der Waals surface area contributed by atoms with E-state index < -0.39 is 6.04 Å². The van der Waals surface area contributed by atoms with Crippen LogP contribution in [0.3, 0.4) is 0 Å². The molecule has 0 spiro atoms. The Morgan fingerprint density at radius 1 is 1.23 bits per heavy atom. The van der Waals surface area contributed by atoms with Crippen molar-refractivity contribution in [1.29, 1.82) is 0 Å². The molecule has 168 valence electrons. The van der Waals surface area contributed by atoms with Gasteiger partial charge >= 0.3 is 12.0 Å². The van der Waals surface area contributed by atoms with Crippen LogP contribution in [0.1, 0.15) is 11.4 Å². The van der Waals surface area contributed by atoms with Crippen LogP contribution in [0.25, 0.3) is 0 Å². The van der Waals surface area contributed by atoms with Gasteiger partial charge in [0.15, 0.2) is 0 Å². The standard InChI is InChI=1S/C20H30N7O4/c1-14-13-15(2)27(22-14)19-21-17-16(25(19)9-10-30-4)18(28)26(20(29)23(17)3)6-5-24-7-11-31-12-8-24/h13,16H,5-12H2,1-4H3/q+1. The van der Waals surface area contributed by atoms with Gasteiger partial charge in [0.1, 0.15) is 5.69 Å². The van der Waals surface area contributed by atoms with Crippen LogP contribution in [0.2, 0.25) is 0 Å². The molecule has 0 aromatic carbocycles. The van der Waals surface area contributed by atoms with Crippen LogP contribution < -0.4 is 0 Å². The van der Waals surface area contributed by atoms with E-state index in [1.807, 2.05) is 24.5 Å². The Hall–Kier alpha value is -2.63. The number of ether oxygens (including phenoxy) is 2. The summed E-state index contributed by atoms with van der Waals surface area (Å²) in [6.45, 7) is 8.63. The largest absolute Gasteiger partial charge is 0.421 e. The summed E-state index contributed by atoms with van der Waals surface area (Å²) in [7, 11) is 3.29. The lowest BCUT2D eigenvalue weighted by molar-refractivity contribution is -0.539. The van der Waals surface area contributed by atoms with Crippen molar-refractivity contribution < 1.29 is 23.6 Å². The second kappa shape index (κ2) is 8.85. The van der Waals surface area contributed by atoms with Crippen molar-refractivity contribution in [3.05, 3.63) is 17.5 Å². The number of fused-ring (bicyclic) bond motifs is 1. The highest BCUT2D eigenvalue weighted by atomic mass is 16.5. The molecule has 2 fully saturated rings. The number of morpholine rings is 1. The number of methoxy groups -OCH3 is 1. The number of aliphatic imine (C=N–C) groups is 1. The molecule has 11 nitrogen and oxygen atoms in total. The zero-order valence-corrected chi connectivity index (χ0v) is 18.6. The minimum absolute atomic E-state index is 0.261. The molecule has 1 unspecified atom stereocenters. The number of carbonyl (C=O) groups is 2. The van der Waals surface area contributed by atoms with Gasteiger partial charge in [0.05, 0.1) is 32.1 Å². The van der Waals surface area contributed by atoms with E-state index in [2.05, 4.69) is 15.0 Å². The van der Waals surface area contributed by atoms with Gasteiger partial charge in [0.25, 0.3) is 5.91 Å². The molecule has 3 amide bonds. The molecule has 4 rings (SSSR count). The second-order valence-electron chi connectivity index (χ2n) is 7.98. The summed E-state index contributed by atoms with van der Waals surface area (Å²) in [5.41, 5.74) is 1.76. The van der Waals surface area contributed by atoms with Gasteiger partial charge in [-0.05, 0) is 19.9 Å². The molecule has 1 aromatic heterocycles. The zero-order chi connectivity index (χ0) is 22.1. The number of nitrogens with zero attached hydrogens (tertiary/aromatic N) is 7. The summed E-state index contributed by atoms with van der Waals surface area (Å²) in [5.74, 6) is 0.699. The molecular formula is C20H30N7O4+. The molecule has 0 aliphatic carbocycles. The predicted molar refractivity (Wildman–Crippen MR) is 112 cm³/mol. The number of aryl methyl sites for hydroxylation is 2. The Bertz CT molecular complexity index is 932. The molecule has 11 heteroatoms. The summed E-state index contributed by atoms with van der Waals surface area (Å²) >= 11 is 0. The summed E-state index contributed by atoms with van der Waals surface area (Å²) in [4.78, 5) is 36.2. The fourth-order valence-electron chi connectivity index (χ4n) is 4.20. The Kier molecular flexibility index (Phi) is 6.17. The van der Waals surface area contributed by atoms with Gasteiger partial charge < -0.3 is 9.47 Å². The lowest BCUT2D eigenvalue weighted by Crippen LogP contribution is -2.64. The zero-order valence-electron chi connectivity index (χ0n) is 18.6. The highest BCUT2D eigenvalue weighted by Crippen LogP contribution is 2.21. The summed E-state index contributed by atoms with van der Waals surface area (Å²) in [6.07, 6.45) is 0. The summed E-state index contributed by atoms with van der Waals surface area (Å²) in [6, 6.07) is 0.922. The first-order valence-electron chi connectivity index (χ1n) is 10.6. The van der Waals surface area contributed by atoms with Gasteiger partial charge in [-0.2, -0.15) is 0 Å². The van der Waals surface area contributed by atoms with Gasteiger partial charge in [0.2, 0.25) is 11.9 Å². The maximum atomic E-state index is 13.5. The number of amidine groups is 1. The Labute approximate surface area is 181 Å². The maximum Gasteiger partial charge on any atom is 0.421 e. The first-order valence-corrected chi connectivity index (χ1v) is 10.6. The lowest BCUT2D eigenvalue weighted by Gasteiger charge is -2.35. The number of hydrogen-bond acceptors (Lipinski definition) is 7. The van der Waals surface area contributed by atoms with Gasteiger partial charge in [-0.15, -0.1) is 9.78 Å². The molecule has 1 atom stereocenters. The van der Waals surface area contributed by atoms with Crippen LogP contribution in [0.4, 0.5) is 4.79 Å². The topological polar surface area (TPSA) is 95.5 Å². The average Bonchev–Trinajstić information content (AvgIpc) is 3.30. The van der Waals surface area contributed by atoms with Crippen LogP contribution in [0.5, 0.6) is 0 Å². The molecule has 3 aliphatic rings. The molecule has 0 N–H and O–H groups in total. The van der Waals surface area contributed by atoms with Crippen molar-refractivity contribution in [2.24, 2.45) is 4.99 Å². The van der Waals surface area contributed by atoms with Crippen LogP contribution in [0.15, 0.2) is 11.1 Å². The number of amides is 3. The van der Waals surface area contributed by atoms with Gasteiger partial charge in [0, 0.05) is 40.3 Å². The minimum atomic E-state index is -0.679. The van der Waals surface area contributed by atoms with Crippen molar-refractivity contribution in [1.82, 2.24) is 24.5 Å². The van der Waals surface area contributed by atoms with Crippen molar-refractivity contribution in [3.63, 3.8) is 0 Å². The monoisotopic (exact) mass is 432 g/mol. The van der Waals surface area contributed by atoms with Crippen LogP contribution in [-0.2, 0) is 14.3 Å². The van der Waals surface area contributed by atoms with Crippen molar-refractivity contribution in [3.8, 4) is 0 Å². The van der Waals surface area contributed by atoms with Gasteiger partial charge in [-0.3, -0.25) is 19.5 Å². The predicted octanol–water partition coefficient (Wildman–Crippen LogP) is -0.630. The quantitative estimate of drug-likeness (QED) is 0.556.